The maximum Gasteiger partial charge on any atom is 0.214 e. The lowest BCUT2D eigenvalue weighted by molar-refractivity contribution is 0.127. The van der Waals surface area contributed by atoms with E-state index in [4.69, 9.17) is 10.5 Å². The zero-order valence-electron chi connectivity index (χ0n) is 10.8. The van der Waals surface area contributed by atoms with Gasteiger partial charge in [-0.05, 0) is 38.0 Å². The molecule has 2 aliphatic rings. The van der Waals surface area contributed by atoms with E-state index < -0.39 is 10.0 Å². The highest BCUT2D eigenvalue weighted by Crippen LogP contribution is 2.22. The third-order valence-electron chi connectivity index (χ3n) is 3.84. The molecular formula is C12H24N2O3S. The van der Waals surface area contributed by atoms with Crippen molar-refractivity contribution in [2.24, 2.45) is 11.7 Å². The predicted octanol–water partition coefficient (Wildman–Crippen LogP) is 0.602. The molecule has 1 heterocycles. The zero-order valence-corrected chi connectivity index (χ0v) is 11.6. The Kier molecular flexibility index (Phi) is 5.00. The van der Waals surface area contributed by atoms with Crippen molar-refractivity contribution in [2.45, 2.75) is 50.7 Å². The minimum atomic E-state index is -3.20. The van der Waals surface area contributed by atoms with E-state index in [0.29, 0.717) is 19.1 Å². The normalized spacial score (nSPS) is 33.7. The molecule has 1 aliphatic heterocycles. The van der Waals surface area contributed by atoms with Gasteiger partial charge in [0.25, 0.3) is 0 Å². The molecule has 3 atom stereocenters. The molecule has 1 aliphatic carbocycles. The second-order valence-corrected chi connectivity index (χ2v) is 7.41. The van der Waals surface area contributed by atoms with Crippen LogP contribution in [-0.2, 0) is 14.8 Å². The number of nitrogens with two attached hydrogens (primary N) is 1. The Labute approximate surface area is 110 Å². The molecule has 2 fully saturated rings. The van der Waals surface area contributed by atoms with Crippen molar-refractivity contribution < 1.29 is 13.2 Å². The van der Waals surface area contributed by atoms with Crippen LogP contribution in [0.4, 0.5) is 0 Å². The summed E-state index contributed by atoms with van der Waals surface area (Å²) >= 11 is 0. The molecule has 3 unspecified atom stereocenters. The SMILES string of the molecule is NC1CCCC(CNS(=O)(=O)CC2CCCO2)C1. The van der Waals surface area contributed by atoms with E-state index in [1.54, 1.807) is 0 Å². The summed E-state index contributed by atoms with van der Waals surface area (Å²) in [4.78, 5) is 0. The molecule has 2 rings (SSSR count). The van der Waals surface area contributed by atoms with Crippen molar-refractivity contribution in [3.05, 3.63) is 0 Å². The molecule has 0 aromatic heterocycles. The monoisotopic (exact) mass is 276 g/mol. The second-order valence-electron chi connectivity index (χ2n) is 5.56. The van der Waals surface area contributed by atoms with Gasteiger partial charge < -0.3 is 10.5 Å². The topological polar surface area (TPSA) is 81.4 Å². The Morgan fingerprint density at radius 2 is 2.06 bits per heavy atom. The van der Waals surface area contributed by atoms with Crippen molar-refractivity contribution in [1.29, 1.82) is 0 Å². The van der Waals surface area contributed by atoms with Crippen LogP contribution in [0.5, 0.6) is 0 Å². The van der Waals surface area contributed by atoms with Crippen LogP contribution in [0.1, 0.15) is 38.5 Å². The first-order valence-electron chi connectivity index (χ1n) is 6.90. The van der Waals surface area contributed by atoms with Crippen LogP contribution in [0.15, 0.2) is 0 Å². The third kappa shape index (κ3) is 4.50. The van der Waals surface area contributed by atoms with Crippen LogP contribution in [0.25, 0.3) is 0 Å². The summed E-state index contributed by atoms with van der Waals surface area (Å²) in [6.45, 7) is 1.22. The summed E-state index contributed by atoms with van der Waals surface area (Å²) in [6.07, 6.45) is 5.90. The maximum absolute atomic E-state index is 11.9. The Morgan fingerprint density at radius 1 is 1.22 bits per heavy atom. The smallest absolute Gasteiger partial charge is 0.214 e. The number of hydrogen-bond donors (Lipinski definition) is 2. The molecule has 0 aromatic rings. The minimum absolute atomic E-state index is 0.103. The fourth-order valence-corrected chi connectivity index (χ4v) is 4.20. The standard InChI is InChI=1S/C12H24N2O3S/c13-11-4-1-3-10(7-11)8-14-18(15,16)9-12-5-2-6-17-12/h10-12,14H,1-9,13H2. The molecule has 18 heavy (non-hydrogen) atoms. The van der Waals surface area contributed by atoms with Gasteiger partial charge in [-0.3, -0.25) is 0 Å². The summed E-state index contributed by atoms with van der Waals surface area (Å²) in [6, 6.07) is 0.242. The van der Waals surface area contributed by atoms with E-state index in [9.17, 15) is 8.42 Å². The number of rotatable bonds is 5. The number of hydrogen-bond acceptors (Lipinski definition) is 4. The molecule has 0 aromatic carbocycles. The van der Waals surface area contributed by atoms with Crippen LogP contribution in [0, 0.1) is 5.92 Å². The molecule has 3 N–H and O–H groups in total. The molecule has 1 saturated carbocycles. The van der Waals surface area contributed by atoms with Crippen LogP contribution in [0.2, 0.25) is 0 Å². The molecule has 0 bridgehead atoms. The average Bonchev–Trinajstić information content (AvgIpc) is 2.79. The first-order valence-corrected chi connectivity index (χ1v) is 8.55. The van der Waals surface area contributed by atoms with Gasteiger partial charge in [0.2, 0.25) is 10.0 Å². The first kappa shape index (κ1) is 14.2. The lowest BCUT2D eigenvalue weighted by Crippen LogP contribution is -2.38. The first-order chi connectivity index (χ1) is 8.55. The van der Waals surface area contributed by atoms with Gasteiger partial charge >= 0.3 is 0 Å². The number of ether oxygens (including phenoxy) is 1. The highest BCUT2D eigenvalue weighted by molar-refractivity contribution is 7.89. The van der Waals surface area contributed by atoms with E-state index >= 15 is 0 Å². The molecule has 0 radical (unpaired) electrons. The molecule has 5 nitrogen and oxygen atoms in total. The lowest BCUT2D eigenvalue weighted by Gasteiger charge is -2.26. The Balaban J connectivity index is 1.73. The van der Waals surface area contributed by atoms with Crippen molar-refractivity contribution in [3.63, 3.8) is 0 Å². The summed E-state index contributed by atoms with van der Waals surface area (Å²) < 4.78 is 31.8. The van der Waals surface area contributed by atoms with E-state index in [1.807, 2.05) is 0 Å². The Hall–Kier alpha value is -0.170. The average molecular weight is 276 g/mol. The van der Waals surface area contributed by atoms with Crippen LogP contribution in [-0.4, -0.2) is 39.5 Å². The largest absolute Gasteiger partial charge is 0.377 e. The van der Waals surface area contributed by atoms with Gasteiger partial charge in [-0.2, -0.15) is 0 Å². The fraction of sp³-hybridized carbons (Fsp3) is 1.00. The van der Waals surface area contributed by atoms with Gasteiger partial charge in [0.1, 0.15) is 0 Å². The van der Waals surface area contributed by atoms with Gasteiger partial charge in [-0.25, -0.2) is 13.1 Å². The lowest BCUT2D eigenvalue weighted by atomic mass is 9.86. The van der Waals surface area contributed by atoms with Gasteiger partial charge in [0, 0.05) is 19.2 Å². The highest BCUT2D eigenvalue weighted by Gasteiger charge is 2.25. The molecule has 106 valence electrons. The summed E-state index contributed by atoms with van der Waals surface area (Å²) in [7, 11) is -3.20. The quantitative estimate of drug-likeness (QED) is 0.770. The molecule has 1 saturated heterocycles. The van der Waals surface area contributed by atoms with Gasteiger partial charge in [0.15, 0.2) is 0 Å². The van der Waals surface area contributed by atoms with Crippen molar-refractivity contribution >= 4 is 10.0 Å². The molecule has 0 amide bonds. The summed E-state index contributed by atoms with van der Waals surface area (Å²) in [5.74, 6) is 0.499. The van der Waals surface area contributed by atoms with E-state index in [2.05, 4.69) is 4.72 Å². The van der Waals surface area contributed by atoms with Crippen LogP contribution < -0.4 is 10.5 Å². The predicted molar refractivity (Wildman–Crippen MR) is 70.7 cm³/mol. The number of sulfonamides is 1. The maximum atomic E-state index is 11.9. The van der Waals surface area contributed by atoms with Crippen molar-refractivity contribution in [1.82, 2.24) is 4.72 Å². The van der Waals surface area contributed by atoms with Gasteiger partial charge in [-0.1, -0.05) is 6.42 Å². The summed E-state index contributed by atoms with van der Waals surface area (Å²) in [5.41, 5.74) is 5.90. The van der Waals surface area contributed by atoms with Crippen LogP contribution in [0.3, 0.4) is 0 Å². The minimum Gasteiger partial charge on any atom is -0.377 e. The Morgan fingerprint density at radius 3 is 2.72 bits per heavy atom. The van der Waals surface area contributed by atoms with Crippen molar-refractivity contribution in [2.75, 3.05) is 18.9 Å². The fourth-order valence-electron chi connectivity index (χ4n) is 2.84. The van der Waals surface area contributed by atoms with Gasteiger partial charge in [-0.15, -0.1) is 0 Å². The van der Waals surface area contributed by atoms with Crippen LogP contribution >= 0.6 is 0 Å². The Bertz CT molecular complexity index is 352. The second kappa shape index (κ2) is 6.32. The van der Waals surface area contributed by atoms with E-state index in [-0.39, 0.29) is 17.9 Å². The third-order valence-corrected chi connectivity index (χ3v) is 5.26. The highest BCUT2D eigenvalue weighted by atomic mass is 32.2. The number of nitrogens with one attached hydrogen (secondary N) is 1. The zero-order chi connectivity index (χ0) is 13.0. The molecule has 6 heteroatoms. The van der Waals surface area contributed by atoms with Crippen molar-refractivity contribution in [3.8, 4) is 0 Å². The molecular weight excluding hydrogens is 252 g/mol. The van der Waals surface area contributed by atoms with Gasteiger partial charge in [0.05, 0.1) is 11.9 Å². The van der Waals surface area contributed by atoms with E-state index in [1.165, 1.54) is 0 Å². The summed E-state index contributed by atoms with van der Waals surface area (Å²) in [5, 5.41) is 0. The van der Waals surface area contributed by atoms with E-state index in [0.717, 1.165) is 38.5 Å². The molecule has 0 spiro atoms.